The van der Waals surface area contributed by atoms with Crippen molar-refractivity contribution in [2.75, 3.05) is 0 Å². The van der Waals surface area contributed by atoms with Crippen molar-refractivity contribution in [1.82, 2.24) is 0 Å². The van der Waals surface area contributed by atoms with Crippen LogP contribution in [0.3, 0.4) is 0 Å². The summed E-state index contributed by atoms with van der Waals surface area (Å²) in [6.07, 6.45) is 0.427. The van der Waals surface area contributed by atoms with Crippen LogP contribution in [0.2, 0.25) is 0 Å². The van der Waals surface area contributed by atoms with Crippen LogP contribution < -0.4 is 5.73 Å². The Morgan fingerprint density at radius 3 is 2.19 bits per heavy atom. The van der Waals surface area contributed by atoms with Crippen LogP contribution in [-0.4, -0.2) is 17.1 Å². The summed E-state index contributed by atoms with van der Waals surface area (Å²) in [5.41, 5.74) is 4.49. The van der Waals surface area contributed by atoms with E-state index in [1.807, 2.05) is 0 Å². The molecule has 5 heteroatoms. The van der Waals surface area contributed by atoms with Crippen molar-refractivity contribution in [2.45, 2.75) is 24.3 Å². The van der Waals surface area contributed by atoms with Crippen molar-refractivity contribution in [2.24, 2.45) is 5.73 Å². The van der Waals surface area contributed by atoms with Crippen LogP contribution >= 0.6 is 0 Å². The molecule has 0 atom stereocenters. The van der Waals surface area contributed by atoms with Crippen LogP contribution in [0.15, 0.2) is 18.2 Å². The maximum Gasteiger partial charge on any atom is 0.314 e. The third-order valence-corrected chi connectivity index (χ3v) is 3.05. The first-order valence-corrected chi connectivity index (χ1v) is 4.89. The fourth-order valence-electron chi connectivity index (χ4n) is 2.20. The second kappa shape index (κ2) is 3.52. The topological polar surface area (TPSA) is 63.3 Å². The van der Waals surface area contributed by atoms with Gasteiger partial charge in [0.25, 0.3) is 0 Å². The molecular formula is C11H11F2NO2. The molecule has 0 unspecified atom stereocenters. The van der Waals surface area contributed by atoms with Crippen LogP contribution in [0.1, 0.15) is 18.4 Å². The second-order valence-electron chi connectivity index (χ2n) is 4.21. The summed E-state index contributed by atoms with van der Waals surface area (Å²) in [4.78, 5) is 11.2. The van der Waals surface area contributed by atoms with E-state index >= 15 is 0 Å². The van der Waals surface area contributed by atoms with E-state index in [9.17, 15) is 13.6 Å². The quantitative estimate of drug-likeness (QED) is 0.802. The highest BCUT2D eigenvalue weighted by Gasteiger charge is 2.50. The van der Waals surface area contributed by atoms with E-state index < -0.39 is 23.0 Å². The van der Waals surface area contributed by atoms with E-state index in [0.717, 1.165) is 18.2 Å². The predicted octanol–water partition coefficient (Wildman–Crippen LogP) is 1.41. The molecule has 2 rings (SSSR count). The van der Waals surface area contributed by atoms with E-state index in [4.69, 9.17) is 10.8 Å². The van der Waals surface area contributed by atoms with Crippen molar-refractivity contribution in [3.8, 4) is 0 Å². The van der Waals surface area contributed by atoms with Gasteiger partial charge in [0, 0.05) is 12.1 Å². The Morgan fingerprint density at radius 1 is 1.31 bits per heavy atom. The Morgan fingerprint density at radius 2 is 1.81 bits per heavy atom. The van der Waals surface area contributed by atoms with Gasteiger partial charge >= 0.3 is 5.97 Å². The summed E-state index contributed by atoms with van der Waals surface area (Å²) in [5, 5.41) is 9.14. The molecule has 3 N–H and O–H groups in total. The fourth-order valence-corrected chi connectivity index (χ4v) is 2.20. The molecule has 16 heavy (non-hydrogen) atoms. The molecule has 1 aliphatic rings. The van der Waals surface area contributed by atoms with Gasteiger partial charge in [-0.1, -0.05) is 0 Å². The van der Waals surface area contributed by atoms with Gasteiger partial charge in [0.15, 0.2) is 0 Å². The van der Waals surface area contributed by atoms with Gasteiger partial charge in [-0.15, -0.1) is 0 Å². The zero-order valence-corrected chi connectivity index (χ0v) is 8.41. The molecule has 0 amide bonds. The maximum absolute atomic E-state index is 13.0. The van der Waals surface area contributed by atoms with Crippen LogP contribution in [0.4, 0.5) is 8.78 Å². The van der Waals surface area contributed by atoms with Crippen molar-refractivity contribution in [3.05, 3.63) is 35.4 Å². The zero-order chi connectivity index (χ0) is 11.9. The number of carboxylic acid groups (broad SMARTS) is 1. The van der Waals surface area contributed by atoms with Crippen molar-refractivity contribution in [1.29, 1.82) is 0 Å². The molecule has 1 saturated carbocycles. The number of nitrogens with two attached hydrogens (primary N) is 1. The average Bonchev–Trinajstić information content (AvgIpc) is 2.10. The van der Waals surface area contributed by atoms with E-state index in [1.165, 1.54) is 0 Å². The predicted molar refractivity (Wildman–Crippen MR) is 52.9 cm³/mol. The van der Waals surface area contributed by atoms with Gasteiger partial charge in [0.1, 0.15) is 11.6 Å². The molecule has 86 valence electrons. The van der Waals surface area contributed by atoms with Crippen LogP contribution in [0.25, 0.3) is 0 Å². The highest BCUT2D eigenvalue weighted by Crippen LogP contribution is 2.43. The minimum atomic E-state index is -1.22. The molecule has 0 aromatic heterocycles. The van der Waals surface area contributed by atoms with Gasteiger partial charge in [-0.25, -0.2) is 8.78 Å². The lowest BCUT2D eigenvalue weighted by molar-refractivity contribution is -0.148. The van der Waals surface area contributed by atoms with Crippen molar-refractivity contribution >= 4 is 5.97 Å². The normalized spacial score (nSPS) is 28.6. The molecule has 0 aliphatic heterocycles. The molecular weight excluding hydrogens is 216 g/mol. The lowest BCUT2D eigenvalue weighted by Gasteiger charge is -2.42. The molecule has 1 aliphatic carbocycles. The molecule has 0 saturated heterocycles. The SMILES string of the molecule is NC1CC(C(=O)O)(c2cc(F)cc(F)c2)C1. The van der Waals surface area contributed by atoms with Crippen molar-refractivity contribution in [3.63, 3.8) is 0 Å². The second-order valence-corrected chi connectivity index (χ2v) is 4.21. The van der Waals surface area contributed by atoms with E-state index in [1.54, 1.807) is 0 Å². The Bertz CT molecular complexity index is 421. The van der Waals surface area contributed by atoms with Crippen LogP contribution in [-0.2, 0) is 10.2 Å². The fraction of sp³-hybridized carbons (Fsp3) is 0.364. The van der Waals surface area contributed by atoms with Gasteiger partial charge in [0.2, 0.25) is 0 Å². The first-order valence-electron chi connectivity index (χ1n) is 4.89. The number of hydrogen-bond donors (Lipinski definition) is 2. The first kappa shape index (κ1) is 11.0. The molecule has 1 aromatic carbocycles. The average molecular weight is 227 g/mol. The maximum atomic E-state index is 13.0. The number of aliphatic carboxylic acids is 1. The number of carboxylic acids is 1. The molecule has 0 radical (unpaired) electrons. The Balaban J connectivity index is 2.45. The highest BCUT2D eigenvalue weighted by molar-refractivity contribution is 5.83. The van der Waals surface area contributed by atoms with E-state index in [2.05, 4.69) is 0 Å². The van der Waals surface area contributed by atoms with Gasteiger partial charge < -0.3 is 10.8 Å². The van der Waals surface area contributed by atoms with E-state index in [0.29, 0.717) is 0 Å². The van der Waals surface area contributed by atoms with Crippen molar-refractivity contribution < 1.29 is 18.7 Å². The number of benzene rings is 1. The standard InChI is InChI=1S/C11H11F2NO2/c12-7-1-6(2-8(13)3-7)11(10(15)16)4-9(14)5-11/h1-3,9H,4-5,14H2,(H,15,16). The molecule has 1 fully saturated rings. The van der Waals surface area contributed by atoms with E-state index in [-0.39, 0.29) is 24.4 Å². The molecule has 0 bridgehead atoms. The van der Waals surface area contributed by atoms with Gasteiger partial charge in [-0.3, -0.25) is 4.79 Å². The lowest BCUT2D eigenvalue weighted by Crippen LogP contribution is -2.54. The lowest BCUT2D eigenvalue weighted by atomic mass is 9.62. The Kier molecular flexibility index (Phi) is 2.42. The summed E-state index contributed by atoms with van der Waals surface area (Å²) >= 11 is 0. The summed E-state index contributed by atoms with van der Waals surface area (Å²) in [6, 6.07) is 2.62. The largest absolute Gasteiger partial charge is 0.481 e. The summed E-state index contributed by atoms with van der Waals surface area (Å²) < 4.78 is 26.0. The number of carbonyl (C=O) groups is 1. The highest BCUT2D eigenvalue weighted by atomic mass is 19.1. The molecule has 1 aromatic rings. The van der Waals surface area contributed by atoms with Crippen LogP contribution in [0, 0.1) is 11.6 Å². The molecule has 3 nitrogen and oxygen atoms in total. The molecule has 0 spiro atoms. The first-order chi connectivity index (χ1) is 7.44. The van der Waals surface area contributed by atoms with Gasteiger partial charge in [-0.05, 0) is 30.5 Å². The third-order valence-electron chi connectivity index (χ3n) is 3.05. The van der Waals surface area contributed by atoms with Gasteiger partial charge in [-0.2, -0.15) is 0 Å². The third kappa shape index (κ3) is 1.57. The molecule has 0 heterocycles. The summed E-state index contributed by atoms with van der Waals surface area (Å²) in [7, 11) is 0. The monoisotopic (exact) mass is 227 g/mol. The Hall–Kier alpha value is -1.49. The number of halogens is 2. The number of hydrogen-bond acceptors (Lipinski definition) is 2. The Labute approximate surface area is 90.9 Å². The minimum absolute atomic E-state index is 0.152. The summed E-state index contributed by atoms with van der Waals surface area (Å²) in [6.45, 7) is 0. The zero-order valence-electron chi connectivity index (χ0n) is 8.41. The van der Waals surface area contributed by atoms with Gasteiger partial charge in [0.05, 0.1) is 5.41 Å². The minimum Gasteiger partial charge on any atom is -0.481 e. The number of rotatable bonds is 2. The van der Waals surface area contributed by atoms with Crippen LogP contribution in [0.5, 0.6) is 0 Å². The smallest absolute Gasteiger partial charge is 0.314 e. The summed E-state index contributed by atoms with van der Waals surface area (Å²) in [5.74, 6) is -2.62.